The van der Waals surface area contributed by atoms with Crippen LogP contribution in [0.2, 0.25) is 0 Å². The van der Waals surface area contributed by atoms with E-state index >= 15 is 0 Å². The van der Waals surface area contributed by atoms with Crippen LogP contribution in [0.15, 0.2) is 6.20 Å². The third-order valence-corrected chi connectivity index (χ3v) is 1.77. The molecule has 98 valence electrons. The number of carbonyl (C=O) groups excluding carboxylic acids is 1. The largest absolute Gasteiger partial charge is 0.573 e. The number of hydrogen-bond acceptors (Lipinski definition) is 6. The molecule has 0 aliphatic carbocycles. The fraction of sp³-hybridized carbons (Fsp3) is 0.143. The molecule has 0 saturated heterocycles. The summed E-state index contributed by atoms with van der Waals surface area (Å²) >= 11 is 4.92. The molecule has 1 N–H and O–H groups in total. The molecule has 0 fully saturated rings. The smallest absolute Gasteiger partial charge is 0.504 e. The monoisotopic (exact) mass is 286 g/mol. The third-order valence-electron chi connectivity index (χ3n) is 1.58. The van der Waals surface area contributed by atoms with Crippen LogP contribution in [0.4, 0.5) is 19.0 Å². The van der Waals surface area contributed by atoms with Crippen LogP contribution in [0.1, 0.15) is 10.4 Å². The summed E-state index contributed by atoms with van der Waals surface area (Å²) in [5, 5.41) is 18.0. The maximum atomic E-state index is 12.1. The Hall–Kier alpha value is -2.10. The highest BCUT2D eigenvalue weighted by Gasteiger charge is 2.39. The van der Waals surface area contributed by atoms with Crippen molar-refractivity contribution in [1.82, 2.24) is 4.98 Å². The van der Waals surface area contributed by atoms with E-state index in [1.807, 2.05) is 0 Å². The van der Waals surface area contributed by atoms with Crippen molar-refractivity contribution in [1.29, 1.82) is 0 Å². The number of nitro groups is 1. The average Bonchev–Trinajstić information content (AvgIpc) is 2.13. The summed E-state index contributed by atoms with van der Waals surface area (Å²) < 4.78 is 39.5. The van der Waals surface area contributed by atoms with Crippen molar-refractivity contribution in [3.05, 3.63) is 21.9 Å². The number of halogens is 4. The van der Waals surface area contributed by atoms with E-state index in [1.54, 1.807) is 0 Å². The van der Waals surface area contributed by atoms with Gasteiger partial charge in [0.15, 0.2) is 11.9 Å². The number of hydrogen-bond donors (Lipinski definition) is 1. The Bertz CT molecular complexity index is 519. The van der Waals surface area contributed by atoms with Gasteiger partial charge in [-0.1, -0.05) is 0 Å². The minimum absolute atomic E-state index is 0.414. The van der Waals surface area contributed by atoms with Crippen molar-refractivity contribution in [3.63, 3.8) is 0 Å². The lowest BCUT2D eigenvalue weighted by atomic mass is 10.2. The summed E-state index contributed by atoms with van der Waals surface area (Å²) in [5.74, 6) is -4.03. The molecule has 0 aliphatic heterocycles. The van der Waals surface area contributed by atoms with Gasteiger partial charge in [-0.05, 0) is 21.5 Å². The van der Waals surface area contributed by atoms with Gasteiger partial charge >= 0.3 is 12.2 Å². The summed E-state index contributed by atoms with van der Waals surface area (Å²) in [7, 11) is 0. The van der Waals surface area contributed by atoms with Crippen LogP contribution in [0.3, 0.4) is 0 Å². The fourth-order valence-corrected chi connectivity index (χ4v) is 1.19. The van der Waals surface area contributed by atoms with Crippen LogP contribution in [0.25, 0.3) is 0 Å². The zero-order chi connectivity index (χ0) is 14.1. The standard InChI is InChI=1S/C7H2ClF3N2O5/c8-5(15)3-2(14)1-12-6(13(16)17)4(3)18-7(9,10)11/h1,14H. The van der Waals surface area contributed by atoms with Gasteiger partial charge < -0.3 is 20.0 Å². The lowest BCUT2D eigenvalue weighted by molar-refractivity contribution is -0.393. The number of aromatic nitrogens is 1. The summed E-state index contributed by atoms with van der Waals surface area (Å²) in [6.45, 7) is 0. The first kappa shape index (κ1) is 14.0. The van der Waals surface area contributed by atoms with Crippen LogP contribution in [-0.2, 0) is 0 Å². The Balaban J connectivity index is 3.53. The van der Waals surface area contributed by atoms with Crippen molar-refractivity contribution in [3.8, 4) is 11.5 Å². The predicted molar refractivity (Wildman–Crippen MR) is 49.4 cm³/mol. The molecule has 11 heteroatoms. The first-order valence-corrected chi connectivity index (χ1v) is 4.33. The molecular weight excluding hydrogens is 285 g/mol. The predicted octanol–water partition coefficient (Wildman–Crippen LogP) is 1.97. The molecule has 0 aromatic carbocycles. The van der Waals surface area contributed by atoms with Crippen molar-refractivity contribution < 1.29 is 32.7 Å². The second kappa shape index (κ2) is 4.64. The van der Waals surface area contributed by atoms with Crippen LogP contribution < -0.4 is 4.74 Å². The Morgan fingerprint density at radius 2 is 2.11 bits per heavy atom. The quantitative estimate of drug-likeness (QED) is 0.517. The topological polar surface area (TPSA) is 103 Å². The number of rotatable bonds is 3. The minimum Gasteiger partial charge on any atom is -0.504 e. The Labute approximate surface area is 101 Å². The molecule has 18 heavy (non-hydrogen) atoms. The highest BCUT2D eigenvalue weighted by Crippen LogP contribution is 2.38. The van der Waals surface area contributed by atoms with Gasteiger partial charge in [0.25, 0.3) is 5.24 Å². The van der Waals surface area contributed by atoms with E-state index in [1.165, 1.54) is 0 Å². The van der Waals surface area contributed by atoms with E-state index < -0.39 is 39.4 Å². The van der Waals surface area contributed by atoms with Crippen LogP contribution >= 0.6 is 11.6 Å². The van der Waals surface area contributed by atoms with Gasteiger partial charge in [-0.25, -0.2) is 0 Å². The molecule has 1 rings (SSSR count). The summed E-state index contributed by atoms with van der Waals surface area (Å²) in [6.07, 6.45) is -4.90. The second-order valence-corrected chi connectivity index (χ2v) is 3.09. The zero-order valence-electron chi connectivity index (χ0n) is 8.06. The van der Waals surface area contributed by atoms with E-state index in [9.17, 15) is 28.1 Å². The van der Waals surface area contributed by atoms with Gasteiger partial charge in [-0.15, -0.1) is 13.2 Å². The minimum atomic E-state index is -5.32. The highest BCUT2D eigenvalue weighted by molar-refractivity contribution is 6.68. The normalized spacial score (nSPS) is 11.1. The zero-order valence-corrected chi connectivity index (χ0v) is 8.82. The van der Waals surface area contributed by atoms with E-state index in [0.717, 1.165) is 0 Å². The molecule has 0 radical (unpaired) electrons. The lowest BCUT2D eigenvalue weighted by Crippen LogP contribution is -2.20. The lowest BCUT2D eigenvalue weighted by Gasteiger charge is -2.11. The van der Waals surface area contributed by atoms with Crippen molar-refractivity contribution in [2.24, 2.45) is 0 Å². The van der Waals surface area contributed by atoms with Gasteiger partial charge in [0.1, 0.15) is 5.56 Å². The van der Waals surface area contributed by atoms with Gasteiger partial charge in [0.2, 0.25) is 5.75 Å². The Morgan fingerprint density at radius 3 is 2.50 bits per heavy atom. The summed E-state index contributed by atoms with van der Waals surface area (Å²) in [6, 6.07) is 0. The van der Waals surface area contributed by atoms with Crippen LogP contribution in [0, 0.1) is 10.1 Å². The van der Waals surface area contributed by atoms with E-state index in [0.29, 0.717) is 6.20 Å². The molecular formula is C7H2ClF3N2O5. The second-order valence-electron chi connectivity index (χ2n) is 2.75. The Morgan fingerprint density at radius 1 is 1.56 bits per heavy atom. The number of carbonyl (C=O) groups is 1. The van der Waals surface area contributed by atoms with Crippen LogP contribution in [-0.4, -0.2) is 26.6 Å². The van der Waals surface area contributed by atoms with Gasteiger partial charge in [0, 0.05) is 0 Å². The number of pyridine rings is 1. The van der Waals surface area contributed by atoms with Crippen LogP contribution in [0.5, 0.6) is 11.5 Å². The van der Waals surface area contributed by atoms with Crippen molar-refractivity contribution in [2.45, 2.75) is 6.36 Å². The molecule has 0 amide bonds. The van der Waals surface area contributed by atoms with Gasteiger partial charge in [-0.3, -0.25) is 4.79 Å². The SMILES string of the molecule is O=C(Cl)c1c(O)cnc([N+](=O)[O-])c1OC(F)(F)F. The third kappa shape index (κ3) is 2.97. The average molecular weight is 287 g/mol. The molecule has 0 bridgehead atoms. The summed E-state index contributed by atoms with van der Waals surface area (Å²) in [5.41, 5.74) is -1.18. The molecule has 1 heterocycles. The fourth-order valence-electron chi connectivity index (χ4n) is 1.01. The van der Waals surface area contributed by atoms with Crippen molar-refractivity contribution in [2.75, 3.05) is 0 Å². The molecule has 0 saturated carbocycles. The number of nitrogens with zero attached hydrogens (tertiary/aromatic N) is 2. The molecule has 1 aromatic heterocycles. The maximum absolute atomic E-state index is 12.1. The van der Waals surface area contributed by atoms with Gasteiger partial charge in [-0.2, -0.15) is 0 Å². The number of alkyl halides is 3. The first-order valence-electron chi connectivity index (χ1n) is 3.95. The van der Waals surface area contributed by atoms with E-state index in [-0.39, 0.29) is 0 Å². The highest BCUT2D eigenvalue weighted by atomic mass is 35.5. The van der Waals surface area contributed by atoms with E-state index in [4.69, 9.17) is 16.7 Å². The summed E-state index contributed by atoms with van der Waals surface area (Å²) in [4.78, 5) is 22.9. The van der Waals surface area contributed by atoms with Crippen molar-refractivity contribution >= 4 is 22.7 Å². The molecule has 0 atom stereocenters. The van der Waals surface area contributed by atoms with Gasteiger partial charge in [0.05, 0.1) is 0 Å². The van der Waals surface area contributed by atoms with E-state index in [2.05, 4.69) is 9.72 Å². The Kier molecular flexibility index (Phi) is 3.60. The molecule has 0 spiro atoms. The molecule has 1 aromatic rings. The first-order chi connectivity index (χ1) is 8.13. The number of ether oxygens (including phenoxy) is 1. The molecule has 7 nitrogen and oxygen atoms in total. The number of aromatic hydroxyl groups is 1. The molecule has 0 unspecified atom stereocenters. The maximum Gasteiger partial charge on any atom is 0.573 e. The molecule has 0 aliphatic rings.